The molecule has 0 radical (unpaired) electrons. The summed E-state index contributed by atoms with van der Waals surface area (Å²) in [5.41, 5.74) is -0.974. The molecular weight excluding hydrogens is 273 g/mol. The molecule has 4 nitrogen and oxygen atoms in total. The van der Waals surface area contributed by atoms with Gasteiger partial charge in [0, 0.05) is 37.3 Å². The van der Waals surface area contributed by atoms with Crippen LogP contribution in [-0.4, -0.2) is 31.8 Å². The van der Waals surface area contributed by atoms with Crippen molar-refractivity contribution in [1.82, 2.24) is 5.32 Å². The lowest BCUT2D eigenvalue weighted by molar-refractivity contribution is -0.137. The van der Waals surface area contributed by atoms with Crippen molar-refractivity contribution in [2.75, 3.05) is 24.5 Å². The maximum absolute atomic E-state index is 12.9. The van der Waals surface area contributed by atoms with Crippen molar-refractivity contribution < 1.29 is 22.8 Å². The zero-order valence-corrected chi connectivity index (χ0v) is 10.5. The SMILES string of the molecule is O=Cc1ccc(N2CCNC(=O)CC2)cc1C(F)(F)F. The van der Waals surface area contributed by atoms with Crippen molar-refractivity contribution >= 4 is 17.9 Å². The Morgan fingerprint density at radius 1 is 1.25 bits per heavy atom. The van der Waals surface area contributed by atoms with Gasteiger partial charge < -0.3 is 10.2 Å². The average Bonchev–Trinajstić information content (AvgIpc) is 2.62. The van der Waals surface area contributed by atoms with E-state index < -0.39 is 11.7 Å². The summed E-state index contributed by atoms with van der Waals surface area (Å²) in [4.78, 5) is 23.6. The molecule has 0 spiro atoms. The van der Waals surface area contributed by atoms with E-state index in [0.717, 1.165) is 12.1 Å². The van der Waals surface area contributed by atoms with Gasteiger partial charge >= 0.3 is 6.18 Å². The van der Waals surface area contributed by atoms with Crippen LogP contribution in [-0.2, 0) is 11.0 Å². The van der Waals surface area contributed by atoms with Crippen molar-refractivity contribution in [3.8, 4) is 0 Å². The Morgan fingerprint density at radius 3 is 2.65 bits per heavy atom. The van der Waals surface area contributed by atoms with Gasteiger partial charge in [-0.15, -0.1) is 0 Å². The largest absolute Gasteiger partial charge is 0.417 e. The van der Waals surface area contributed by atoms with Crippen LogP contribution in [0.3, 0.4) is 0 Å². The molecule has 1 aromatic rings. The molecule has 20 heavy (non-hydrogen) atoms. The normalized spacial score (nSPS) is 16.6. The third kappa shape index (κ3) is 3.09. The Bertz CT molecular complexity index is 529. The van der Waals surface area contributed by atoms with Gasteiger partial charge in [0.15, 0.2) is 6.29 Å². The highest BCUT2D eigenvalue weighted by Crippen LogP contribution is 2.34. The van der Waals surface area contributed by atoms with Gasteiger partial charge in [0.05, 0.1) is 5.56 Å². The van der Waals surface area contributed by atoms with Crippen LogP contribution < -0.4 is 10.2 Å². The molecule has 0 unspecified atom stereocenters. The van der Waals surface area contributed by atoms with Gasteiger partial charge in [-0.1, -0.05) is 0 Å². The van der Waals surface area contributed by atoms with E-state index in [1.807, 2.05) is 0 Å². The maximum Gasteiger partial charge on any atom is 0.417 e. The Morgan fingerprint density at radius 2 is 2.00 bits per heavy atom. The van der Waals surface area contributed by atoms with Crippen molar-refractivity contribution in [1.29, 1.82) is 0 Å². The third-order valence-electron chi connectivity index (χ3n) is 3.15. The van der Waals surface area contributed by atoms with E-state index in [2.05, 4.69) is 5.32 Å². The second-order valence-electron chi connectivity index (χ2n) is 4.47. The second-order valence-corrected chi connectivity index (χ2v) is 4.47. The van der Waals surface area contributed by atoms with Gasteiger partial charge in [-0.2, -0.15) is 13.2 Å². The van der Waals surface area contributed by atoms with E-state index in [9.17, 15) is 22.8 Å². The standard InChI is InChI=1S/C13H13F3N2O2/c14-13(15,16)11-7-10(2-1-9(11)8-19)18-5-3-12(20)17-4-6-18/h1-2,7-8H,3-6H2,(H,17,20). The highest BCUT2D eigenvalue weighted by molar-refractivity contribution is 5.80. The van der Waals surface area contributed by atoms with Crippen molar-refractivity contribution in [3.63, 3.8) is 0 Å². The topological polar surface area (TPSA) is 49.4 Å². The molecule has 1 fully saturated rings. The minimum absolute atomic E-state index is 0.118. The summed E-state index contributed by atoms with van der Waals surface area (Å²) < 4.78 is 38.6. The summed E-state index contributed by atoms with van der Waals surface area (Å²) in [6.07, 6.45) is -4.15. The Hall–Kier alpha value is -2.05. The van der Waals surface area contributed by atoms with Gasteiger partial charge in [-0.05, 0) is 18.2 Å². The number of aldehydes is 1. The third-order valence-corrected chi connectivity index (χ3v) is 3.15. The van der Waals surface area contributed by atoms with E-state index in [4.69, 9.17) is 0 Å². The first-order valence-corrected chi connectivity index (χ1v) is 6.10. The molecule has 108 valence electrons. The molecule has 2 rings (SSSR count). The van der Waals surface area contributed by atoms with Crippen molar-refractivity contribution in [2.24, 2.45) is 0 Å². The Kier molecular flexibility index (Phi) is 3.96. The minimum atomic E-state index is -4.58. The lowest BCUT2D eigenvalue weighted by Gasteiger charge is -2.23. The lowest BCUT2D eigenvalue weighted by Crippen LogP contribution is -2.28. The number of nitrogens with one attached hydrogen (secondary N) is 1. The average molecular weight is 286 g/mol. The number of hydrogen-bond donors (Lipinski definition) is 1. The first kappa shape index (κ1) is 14.4. The molecule has 0 bridgehead atoms. The maximum atomic E-state index is 12.9. The van der Waals surface area contributed by atoms with Crippen LogP contribution in [0.1, 0.15) is 22.3 Å². The molecule has 1 saturated heterocycles. The monoisotopic (exact) mass is 286 g/mol. The smallest absolute Gasteiger partial charge is 0.369 e. The Labute approximate surface area is 113 Å². The number of anilines is 1. The van der Waals surface area contributed by atoms with Gasteiger partial charge in [0.2, 0.25) is 5.91 Å². The molecule has 0 atom stereocenters. The van der Waals surface area contributed by atoms with Crippen LogP contribution in [0.2, 0.25) is 0 Å². The number of carbonyl (C=O) groups is 2. The number of nitrogens with zero attached hydrogens (tertiary/aromatic N) is 1. The van der Waals surface area contributed by atoms with E-state index in [-0.39, 0.29) is 24.2 Å². The van der Waals surface area contributed by atoms with E-state index in [1.54, 1.807) is 4.90 Å². The highest BCUT2D eigenvalue weighted by Gasteiger charge is 2.34. The summed E-state index contributed by atoms with van der Waals surface area (Å²) >= 11 is 0. The number of amides is 1. The van der Waals surface area contributed by atoms with Crippen molar-refractivity contribution in [3.05, 3.63) is 29.3 Å². The van der Waals surface area contributed by atoms with E-state index in [1.165, 1.54) is 6.07 Å². The molecule has 1 heterocycles. The van der Waals surface area contributed by atoms with Crippen LogP contribution in [0, 0.1) is 0 Å². The van der Waals surface area contributed by atoms with Crippen LogP contribution in [0.15, 0.2) is 18.2 Å². The molecule has 0 saturated carbocycles. The predicted molar refractivity (Wildman–Crippen MR) is 66.7 cm³/mol. The summed E-state index contributed by atoms with van der Waals surface area (Å²) in [5, 5.41) is 2.65. The molecule has 1 aromatic carbocycles. The quantitative estimate of drug-likeness (QED) is 0.844. The van der Waals surface area contributed by atoms with Crippen LogP contribution >= 0.6 is 0 Å². The predicted octanol–water partition coefficient (Wildman–Crippen LogP) is 1.84. The van der Waals surface area contributed by atoms with Crippen LogP contribution in [0.25, 0.3) is 0 Å². The summed E-state index contributed by atoms with van der Waals surface area (Å²) in [6.45, 7) is 1.17. The zero-order valence-electron chi connectivity index (χ0n) is 10.5. The van der Waals surface area contributed by atoms with Crippen LogP contribution in [0.4, 0.5) is 18.9 Å². The van der Waals surface area contributed by atoms with E-state index >= 15 is 0 Å². The van der Waals surface area contributed by atoms with Gasteiger partial charge in [-0.3, -0.25) is 9.59 Å². The first-order valence-electron chi connectivity index (χ1n) is 6.10. The number of carbonyl (C=O) groups excluding carboxylic acids is 2. The molecule has 1 amide bonds. The number of hydrogen-bond acceptors (Lipinski definition) is 3. The van der Waals surface area contributed by atoms with Crippen LogP contribution in [0.5, 0.6) is 0 Å². The zero-order chi connectivity index (χ0) is 14.8. The van der Waals surface area contributed by atoms with Gasteiger partial charge in [0.25, 0.3) is 0 Å². The lowest BCUT2D eigenvalue weighted by atomic mass is 10.1. The minimum Gasteiger partial charge on any atom is -0.369 e. The number of rotatable bonds is 2. The second kappa shape index (κ2) is 5.52. The first-order chi connectivity index (χ1) is 9.41. The fraction of sp³-hybridized carbons (Fsp3) is 0.385. The molecule has 0 aliphatic carbocycles. The molecule has 0 aromatic heterocycles. The Balaban J connectivity index is 2.33. The molecule has 1 aliphatic rings. The molecule has 1 aliphatic heterocycles. The summed E-state index contributed by atoms with van der Waals surface area (Å²) in [6, 6.07) is 3.58. The number of benzene rings is 1. The summed E-state index contributed by atoms with van der Waals surface area (Å²) in [7, 11) is 0. The van der Waals surface area contributed by atoms with Gasteiger partial charge in [-0.25, -0.2) is 0 Å². The summed E-state index contributed by atoms with van der Waals surface area (Å²) in [5.74, 6) is -0.118. The van der Waals surface area contributed by atoms with Gasteiger partial charge in [0.1, 0.15) is 0 Å². The molecule has 1 N–H and O–H groups in total. The number of halogens is 3. The molecule has 7 heteroatoms. The van der Waals surface area contributed by atoms with Crippen molar-refractivity contribution in [2.45, 2.75) is 12.6 Å². The van der Waals surface area contributed by atoms with E-state index in [0.29, 0.717) is 25.3 Å². The number of alkyl halides is 3. The molecular formula is C13H13F3N2O2. The fourth-order valence-electron chi connectivity index (χ4n) is 2.11. The fourth-order valence-corrected chi connectivity index (χ4v) is 2.11. The highest BCUT2D eigenvalue weighted by atomic mass is 19.4.